The molecule has 12 nitrogen and oxygen atoms in total. The second-order valence-electron chi connectivity index (χ2n) is 15.3. The van der Waals surface area contributed by atoms with Crippen LogP contribution in [-0.2, 0) is 9.53 Å². The van der Waals surface area contributed by atoms with Crippen molar-refractivity contribution in [3.8, 4) is 22.9 Å². The minimum atomic E-state index is -0.977. The average molecular weight is 825 g/mol. The number of ether oxygens (including phenoxy) is 3. The Morgan fingerprint density at radius 2 is 2.00 bits per heavy atom. The molecule has 302 valence electrons. The molecule has 57 heavy (non-hydrogen) atoms. The van der Waals surface area contributed by atoms with Crippen molar-refractivity contribution in [2.45, 2.75) is 89.8 Å². The first-order valence-electron chi connectivity index (χ1n) is 19.0. The van der Waals surface area contributed by atoms with Crippen molar-refractivity contribution in [1.82, 2.24) is 19.9 Å². The highest BCUT2D eigenvalue weighted by atomic mass is 35.5. The number of nitrogens with two attached hydrogens (primary N) is 2. The molecule has 17 heteroatoms. The molecule has 6 heterocycles. The quantitative estimate of drug-likeness (QED) is 0.0935. The molecule has 2 saturated heterocycles. The molecular formula is C40H44ClF3N8O4S. The van der Waals surface area contributed by atoms with Gasteiger partial charge in [0.1, 0.15) is 47.9 Å². The largest absolute Gasteiger partial charge is 0.486 e. The van der Waals surface area contributed by atoms with Crippen LogP contribution >= 0.6 is 22.9 Å². The van der Waals surface area contributed by atoms with E-state index in [1.165, 1.54) is 19.1 Å². The standard InChI is InChI=1S/C40H44ClF3N8O4S/c1-18-27-25(9-10-26(43)34(27)57-37(18)48-17-55-38(53)19(2)45)28-30(41)33-29-32(31(28)44)49-39(54-16-40-11-7-13-51(40)15-23(42)14-40)50-36(29)52(20(3)22(5)56-33)21(4)24-8-6-12-47-35(24)46/h6,8-10,12,19-23,48H,7,11,13-17,45H2,1-5H3,(H2,46,47)/t19?,20?,21?,22?,23-,40+/m1/s1. The van der Waals surface area contributed by atoms with Gasteiger partial charge < -0.3 is 35.9 Å². The number of hydrogen-bond acceptors (Lipinski definition) is 13. The summed E-state index contributed by atoms with van der Waals surface area (Å²) in [5.41, 5.74) is 12.9. The van der Waals surface area contributed by atoms with Gasteiger partial charge in [0.15, 0.2) is 18.3 Å². The third kappa shape index (κ3) is 6.63. The lowest BCUT2D eigenvalue weighted by molar-refractivity contribution is -0.143. The van der Waals surface area contributed by atoms with Gasteiger partial charge in [-0.15, -0.1) is 11.3 Å². The van der Waals surface area contributed by atoms with Gasteiger partial charge in [0.2, 0.25) is 0 Å². The second-order valence-corrected chi connectivity index (χ2v) is 16.7. The van der Waals surface area contributed by atoms with Gasteiger partial charge in [-0.2, -0.15) is 9.97 Å². The number of benzene rings is 2. The highest BCUT2D eigenvalue weighted by Gasteiger charge is 2.49. The van der Waals surface area contributed by atoms with Gasteiger partial charge in [0, 0.05) is 35.7 Å². The molecule has 0 radical (unpaired) electrons. The zero-order valence-electron chi connectivity index (χ0n) is 32.2. The number of esters is 1. The average Bonchev–Trinajstić information content (AvgIpc) is 3.80. The monoisotopic (exact) mass is 824 g/mol. The Morgan fingerprint density at radius 1 is 1.21 bits per heavy atom. The molecule has 0 spiro atoms. The molecule has 5 N–H and O–H groups in total. The number of aryl methyl sites for hydroxylation is 1. The van der Waals surface area contributed by atoms with Crippen molar-refractivity contribution in [2.75, 3.05) is 42.4 Å². The first-order chi connectivity index (χ1) is 27.2. The predicted molar refractivity (Wildman–Crippen MR) is 216 cm³/mol. The SMILES string of the molecule is Cc1c(NCOC(=O)C(C)N)sc2c(F)ccc(-c3c(Cl)c4c5c(nc(OC[C@@]67CCCN6C[C@H](F)C7)nc5c3F)N(C(C)c3cccnc3N)C(C)C(C)O4)c12. The molecule has 8 rings (SSSR count). The summed E-state index contributed by atoms with van der Waals surface area (Å²) in [6, 6.07) is 4.66. The fourth-order valence-electron chi connectivity index (χ4n) is 8.66. The van der Waals surface area contributed by atoms with E-state index in [1.807, 2.05) is 31.7 Å². The predicted octanol–water partition coefficient (Wildman–Crippen LogP) is 7.68. The molecule has 6 atom stereocenters. The van der Waals surface area contributed by atoms with Crippen molar-refractivity contribution < 1.29 is 32.2 Å². The maximum Gasteiger partial charge on any atom is 0.324 e. The van der Waals surface area contributed by atoms with Gasteiger partial charge in [0.05, 0.1) is 37.7 Å². The Labute approximate surface area is 336 Å². The normalized spacial score (nSPS) is 23.0. The Kier molecular flexibility index (Phi) is 10.3. The van der Waals surface area contributed by atoms with Crippen LogP contribution in [0.4, 0.5) is 29.8 Å². The van der Waals surface area contributed by atoms with Crippen molar-refractivity contribution >= 4 is 66.5 Å². The molecule has 0 saturated carbocycles. The molecule has 3 aromatic heterocycles. The summed E-state index contributed by atoms with van der Waals surface area (Å²) in [6.07, 6.45) is 2.09. The minimum Gasteiger partial charge on any atom is -0.486 e. The van der Waals surface area contributed by atoms with Gasteiger partial charge in [-0.3, -0.25) is 9.69 Å². The molecule has 2 aromatic carbocycles. The summed E-state index contributed by atoms with van der Waals surface area (Å²) < 4.78 is 66.5. The maximum absolute atomic E-state index is 17.7. The summed E-state index contributed by atoms with van der Waals surface area (Å²) >= 11 is 8.37. The number of thiophene rings is 1. The van der Waals surface area contributed by atoms with Crippen LogP contribution in [0.5, 0.6) is 11.8 Å². The molecule has 0 aliphatic carbocycles. The van der Waals surface area contributed by atoms with Crippen LogP contribution in [0.2, 0.25) is 5.02 Å². The van der Waals surface area contributed by atoms with E-state index in [4.69, 9.17) is 47.2 Å². The molecular weight excluding hydrogens is 781 g/mol. The van der Waals surface area contributed by atoms with Gasteiger partial charge >= 0.3 is 12.0 Å². The Morgan fingerprint density at radius 3 is 2.75 bits per heavy atom. The number of pyridine rings is 1. The van der Waals surface area contributed by atoms with Crippen LogP contribution in [-0.4, -0.2) is 82.1 Å². The summed E-state index contributed by atoms with van der Waals surface area (Å²) in [7, 11) is 0. The fraction of sp³-hybridized carbons (Fsp3) is 0.450. The second kappa shape index (κ2) is 14.9. The summed E-state index contributed by atoms with van der Waals surface area (Å²) in [6.45, 7) is 10.1. The summed E-state index contributed by atoms with van der Waals surface area (Å²) in [5, 5.41) is 4.11. The lowest BCUT2D eigenvalue weighted by Gasteiger charge is -2.37. The van der Waals surface area contributed by atoms with Crippen LogP contribution in [0.15, 0.2) is 30.5 Å². The van der Waals surface area contributed by atoms with Crippen molar-refractivity contribution in [3.63, 3.8) is 0 Å². The smallest absolute Gasteiger partial charge is 0.324 e. The van der Waals surface area contributed by atoms with E-state index >= 15 is 8.78 Å². The van der Waals surface area contributed by atoms with Gasteiger partial charge in [-0.1, -0.05) is 23.7 Å². The van der Waals surface area contributed by atoms with Gasteiger partial charge in [-0.05, 0) is 77.3 Å². The number of nitrogens with zero attached hydrogens (tertiary/aromatic N) is 5. The van der Waals surface area contributed by atoms with E-state index in [2.05, 4.69) is 15.2 Å². The van der Waals surface area contributed by atoms with E-state index < -0.39 is 47.5 Å². The van der Waals surface area contributed by atoms with E-state index in [1.54, 1.807) is 19.2 Å². The zero-order chi connectivity index (χ0) is 40.5. The zero-order valence-corrected chi connectivity index (χ0v) is 33.7. The van der Waals surface area contributed by atoms with Gasteiger partial charge in [-0.25, -0.2) is 18.2 Å². The molecule has 0 amide bonds. The number of alkyl halides is 1. The number of aromatic nitrogens is 3. The third-order valence-electron chi connectivity index (χ3n) is 11.7. The van der Waals surface area contributed by atoms with Crippen LogP contribution < -0.4 is 31.2 Å². The van der Waals surface area contributed by atoms with E-state index in [0.29, 0.717) is 46.1 Å². The van der Waals surface area contributed by atoms with Crippen LogP contribution in [0.1, 0.15) is 64.1 Å². The first-order valence-corrected chi connectivity index (χ1v) is 20.2. The minimum absolute atomic E-state index is 0.0488. The number of carbonyl (C=O) groups is 1. The molecule has 2 fully saturated rings. The van der Waals surface area contributed by atoms with Gasteiger partial charge in [0.25, 0.3) is 0 Å². The van der Waals surface area contributed by atoms with Crippen LogP contribution in [0, 0.1) is 18.6 Å². The number of nitrogen functional groups attached to an aromatic ring is 1. The lowest BCUT2D eigenvalue weighted by atomic mass is 9.95. The molecule has 3 aliphatic rings. The Hall–Kier alpha value is -4.64. The Bertz CT molecular complexity index is 2400. The number of nitrogens with one attached hydrogen (secondary N) is 1. The number of carbonyl (C=O) groups excluding carboxylic acids is 1. The molecule has 4 unspecified atom stereocenters. The fourth-order valence-corrected chi connectivity index (χ4v) is 10.1. The highest BCUT2D eigenvalue weighted by Crippen LogP contribution is 2.53. The third-order valence-corrected chi connectivity index (χ3v) is 13.3. The van der Waals surface area contributed by atoms with E-state index in [9.17, 15) is 9.18 Å². The number of halogens is 4. The topological polar surface area (TPSA) is 154 Å². The van der Waals surface area contributed by atoms with Crippen LogP contribution in [0.25, 0.3) is 32.1 Å². The number of anilines is 3. The number of rotatable bonds is 10. The van der Waals surface area contributed by atoms with Crippen LogP contribution in [0.3, 0.4) is 0 Å². The maximum atomic E-state index is 17.7. The lowest BCUT2D eigenvalue weighted by Crippen LogP contribution is -2.44. The first kappa shape index (κ1) is 39.2. The Balaban J connectivity index is 1.32. The molecule has 3 aliphatic heterocycles. The molecule has 0 bridgehead atoms. The van der Waals surface area contributed by atoms with Crippen molar-refractivity contribution in [2.24, 2.45) is 5.73 Å². The summed E-state index contributed by atoms with van der Waals surface area (Å²) in [5.74, 6) is -1.14. The van der Waals surface area contributed by atoms with E-state index in [0.717, 1.165) is 36.3 Å². The number of hydrogen-bond donors (Lipinski definition) is 3. The van der Waals surface area contributed by atoms with E-state index in [-0.39, 0.29) is 57.3 Å². The summed E-state index contributed by atoms with van der Waals surface area (Å²) in [4.78, 5) is 30.1. The van der Waals surface area contributed by atoms with Crippen molar-refractivity contribution in [1.29, 1.82) is 0 Å². The van der Waals surface area contributed by atoms with Crippen molar-refractivity contribution in [3.05, 3.63) is 58.2 Å². The number of fused-ring (bicyclic) bond motifs is 2. The molecule has 5 aromatic rings. The highest BCUT2D eigenvalue weighted by molar-refractivity contribution is 7.23.